The van der Waals surface area contributed by atoms with Gasteiger partial charge >= 0.3 is 5.97 Å². The van der Waals surface area contributed by atoms with Gasteiger partial charge in [0.2, 0.25) is 0 Å². The molecular formula is C23H26O4. The van der Waals surface area contributed by atoms with E-state index in [1.54, 1.807) is 18.4 Å². The Morgan fingerprint density at radius 1 is 1.19 bits per heavy atom. The van der Waals surface area contributed by atoms with Crippen molar-refractivity contribution in [3.63, 3.8) is 0 Å². The second kappa shape index (κ2) is 7.01. The van der Waals surface area contributed by atoms with Crippen LogP contribution in [0.2, 0.25) is 0 Å². The number of allylic oxidation sites excluding steroid dienone is 1. The lowest BCUT2D eigenvalue weighted by Gasteiger charge is -2.54. The molecule has 5 atom stereocenters. The zero-order valence-corrected chi connectivity index (χ0v) is 16.1. The molecule has 4 nitrogen and oxygen atoms in total. The van der Waals surface area contributed by atoms with E-state index in [2.05, 4.69) is 26.8 Å². The second-order valence-corrected chi connectivity index (χ2v) is 7.94. The summed E-state index contributed by atoms with van der Waals surface area (Å²) in [6.45, 7) is 7.52. The van der Waals surface area contributed by atoms with Gasteiger partial charge in [0, 0.05) is 11.3 Å². The van der Waals surface area contributed by atoms with Crippen LogP contribution in [0.25, 0.3) is 0 Å². The zero-order valence-electron chi connectivity index (χ0n) is 16.1. The summed E-state index contributed by atoms with van der Waals surface area (Å²) in [4.78, 5) is 12.5. The van der Waals surface area contributed by atoms with Crippen molar-refractivity contribution in [1.82, 2.24) is 0 Å². The molecule has 0 unspecified atom stereocenters. The Labute approximate surface area is 160 Å². The van der Waals surface area contributed by atoms with Gasteiger partial charge in [-0.1, -0.05) is 43.7 Å². The minimum atomic E-state index is -0.277. The molecule has 2 heterocycles. The topological polar surface area (TPSA) is 48.7 Å². The number of esters is 1. The quantitative estimate of drug-likeness (QED) is 0.562. The van der Waals surface area contributed by atoms with Gasteiger partial charge in [-0.25, -0.2) is 4.79 Å². The normalized spacial score (nSPS) is 32.6. The van der Waals surface area contributed by atoms with Crippen LogP contribution in [0.4, 0.5) is 0 Å². The van der Waals surface area contributed by atoms with E-state index in [1.165, 1.54) is 5.57 Å². The van der Waals surface area contributed by atoms with Crippen LogP contribution in [0.5, 0.6) is 0 Å². The van der Waals surface area contributed by atoms with E-state index in [0.717, 1.165) is 5.76 Å². The van der Waals surface area contributed by atoms with Crippen LogP contribution in [-0.2, 0) is 9.47 Å². The molecule has 2 bridgehead atoms. The van der Waals surface area contributed by atoms with E-state index in [-0.39, 0.29) is 29.3 Å². The van der Waals surface area contributed by atoms with Gasteiger partial charge < -0.3 is 13.9 Å². The van der Waals surface area contributed by atoms with E-state index in [9.17, 15) is 4.79 Å². The summed E-state index contributed by atoms with van der Waals surface area (Å²) in [5.74, 6) is 1.38. The van der Waals surface area contributed by atoms with Gasteiger partial charge in [-0.2, -0.15) is 0 Å². The molecule has 2 aromatic rings. The molecule has 4 rings (SSSR count). The Balaban J connectivity index is 1.58. The third-order valence-corrected chi connectivity index (χ3v) is 6.55. The van der Waals surface area contributed by atoms with Crippen molar-refractivity contribution in [2.45, 2.75) is 26.9 Å². The lowest BCUT2D eigenvalue weighted by molar-refractivity contribution is -0.170. The predicted octanol–water partition coefficient (Wildman–Crippen LogP) is 5.04. The van der Waals surface area contributed by atoms with Crippen molar-refractivity contribution in [1.29, 1.82) is 0 Å². The molecule has 0 N–H and O–H groups in total. The van der Waals surface area contributed by atoms with E-state index in [4.69, 9.17) is 13.9 Å². The van der Waals surface area contributed by atoms with Crippen molar-refractivity contribution in [2.24, 2.45) is 23.2 Å². The van der Waals surface area contributed by atoms with Crippen molar-refractivity contribution in [3.05, 3.63) is 71.7 Å². The Hall–Kier alpha value is -2.33. The standard InChI is InChI=1S/C23H26O4/c1-15-12-16(2)23(14-27-22(24)18-8-5-4-6-9-18)13-26-21(20(15)17(23)3)19-10-7-11-25-19/h4-12,16-17,20-21H,13-14H2,1-3H3/t16-,17-,20-,21+,23-/m0/s1. The van der Waals surface area contributed by atoms with Crippen LogP contribution in [0.1, 0.15) is 43.0 Å². The largest absolute Gasteiger partial charge is 0.467 e. The first-order valence-electron chi connectivity index (χ1n) is 9.58. The molecule has 142 valence electrons. The molecule has 1 aromatic carbocycles. The third kappa shape index (κ3) is 3.02. The molecule has 1 fully saturated rings. The molecular weight excluding hydrogens is 340 g/mol. The van der Waals surface area contributed by atoms with E-state index >= 15 is 0 Å². The second-order valence-electron chi connectivity index (χ2n) is 7.94. The van der Waals surface area contributed by atoms with Crippen LogP contribution in [0.3, 0.4) is 0 Å². The lowest BCUT2D eigenvalue weighted by atomic mass is 9.56. The molecule has 4 heteroatoms. The molecule has 0 radical (unpaired) electrons. The first-order chi connectivity index (χ1) is 13.0. The van der Waals surface area contributed by atoms with Gasteiger partial charge in [0.05, 0.1) is 18.4 Å². The fourth-order valence-electron chi connectivity index (χ4n) is 4.82. The fourth-order valence-corrected chi connectivity index (χ4v) is 4.82. The highest BCUT2D eigenvalue weighted by Gasteiger charge is 2.55. The number of fused-ring (bicyclic) bond motifs is 2. The van der Waals surface area contributed by atoms with Crippen LogP contribution in [-0.4, -0.2) is 19.2 Å². The highest BCUT2D eigenvalue weighted by Crippen LogP contribution is 2.56. The first-order valence-corrected chi connectivity index (χ1v) is 9.58. The lowest BCUT2D eigenvalue weighted by Crippen LogP contribution is -2.54. The van der Waals surface area contributed by atoms with Gasteiger partial charge in [-0.3, -0.25) is 0 Å². The molecule has 1 saturated heterocycles. The highest BCUT2D eigenvalue weighted by atomic mass is 16.5. The molecule has 0 amide bonds. The van der Waals surface area contributed by atoms with Crippen molar-refractivity contribution in [2.75, 3.05) is 13.2 Å². The van der Waals surface area contributed by atoms with Gasteiger partial charge in [-0.05, 0) is 43.0 Å². The summed E-state index contributed by atoms with van der Waals surface area (Å²) in [5.41, 5.74) is 1.68. The van der Waals surface area contributed by atoms with E-state index in [1.807, 2.05) is 30.3 Å². The zero-order chi connectivity index (χ0) is 19.0. The van der Waals surface area contributed by atoms with Gasteiger partial charge in [0.1, 0.15) is 18.5 Å². The van der Waals surface area contributed by atoms with Gasteiger partial charge in [0.15, 0.2) is 0 Å². The number of benzene rings is 1. The summed E-state index contributed by atoms with van der Waals surface area (Å²) in [7, 11) is 0. The Bertz CT molecular complexity index is 823. The summed E-state index contributed by atoms with van der Waals surface area (Å²) in [5, 5.41) is 0. The maximum Gasteiger partial charge on any atom is 0.338 e. The Morgan fingerprint density at radius 2 is 1.96 bits per heavy atom. The molecule has 2 aliphatic rings. The number of furan rings is 1. The molecule has 0 saturated carbocycles. The molecule has 1 aliphatic carbocycles. The average Bonchev–Trinajstić information content (AvgIpc) is 3.20. The number of carbonyl (C=O) groups is 1. The third-order valence-electron chi connectivity index (χ3n) is 6.55. The van der Waals surface area contributed by atoms with Crippen LogP contribution in [0.15, 0.2) is 64.8 Å². The monoisotopic (exact) mass is 366 g/mol. The van der Waals surface area contributed by atoms with Crippen molar-refractivity contribution >= 4 is 5.97 Å². The van der Waals surface area contributed by atoms with Gasteiger partial charge in [-0.15, -0.1) is 0 Å². The minimum Gasteiger partial charge on any atom is -0.467 e. The van der Waals surface area contributed by atoms with E-state index in [0.29, 0.717) is 24.7 Å². The molecule has 27 heavy (non-hydrogen) atoms. The summed E-state index contributed by atoms with van der Waals surface area (Å²) in [6.07, 6.45) is 3.92. The number of ether oxygens (including phenoxy) is 2. The first kappa shape index (κ1) is 18.1. The summed E-state index contributed by atoms with van der Waals surface area (Å²) in [6, 6.07) is 13.0. The smallest absolute Gasteiger partial charge is 0.338 e. The van der Waals surface area contributed by atoms with Gasteiger partial charge in [0.25, 0.3) is 0 Å². The number of hydrogen-bond acceptors (Lipinski definition) is 4. The SMILES string of the molecule is CC1=C[C@H](C)[C@@]2(COC(=O)c3ccccc3)CO[C@H](c3ccco3)[C@@H]1[C@@H]2C. The average molecular weight is 366 g/mol. The van der Waals surface area contributed by atoms with Crippen molar-refractivity contribution in [3.8, 4) is 0 Å². The maximum atomic E-state index is 12.5. The maximum absolute atomic E-state index is 12.5. The highest BCUT2D eigenvalue weighted by molar-refractivity contribution is 5.89. The van der Waals surface area contributed by atoms with Crippen LogP contribution >= 0.6 is 0 Å². The summed E-state index contributed by atoms with van der Waals surface area (Å²) >= 11 is 0. The number of carbonyl (C=O) groups excluding carboxylic acids is 1. The van der Waals surface area contributed by atoms with Crippen LogP contribution < -0.4 is 0 Å². The predicted molar refractivity (Wildman–Crippen MR) is 102 cm³/mol. The molecule has 1 aromatic heterocycles. The molecule has 1 aliphatic heterocycles. The number of hydrogen-bond donors (Lipinski definition) is 0. The van der Waals surface area contributed by atoms with Crippen LogP contribution in [0, 0.1) is 23.2 Å². The Kier molecular flexibility index (Phi) is 4.68. The number of rotatable bonds is 4. The summed E-state index contributed by atoms with van der Waals surface area (Å²) < 4.78 is 17.7. The van der Waals surface area contributed by atoms with Crippen molar-refractivity contribution < 1.29 is 18.7 Å². The minimum absolute atomic E-state index is 0.0864. The molecule has 0 spiro atoms. The Morgan fingerprint density at radius 3 is 2.67 bits per heavy atom. The fraction of sp³-hybridized carbons (Fsp3) is 0.435. The van der Waals surface area contributed by atoms with E-state index < -0.39 is 0 Å².